The summed E-state index contributed by atoms with van der Waals surface area (Å²) in [5.41, 5.74) is 12.8. The normalized spacial score (nSPS) is 12.1. The SMILES string of the molecule is Nc1cccc(Oc2cccc(Oc3cccc(N)c3)c2)c1.O=C1C=CC(=O)C=C1. The number of anilines is 2. The van der Waals surface area contributed by atoms with Crippen LogP contribution >= 0.6 is 0 Å². The Morgan fingerprint density at radius 2 is 0.833 bits per heavy atom. The Hall–Kier alpha value is -4.32. The molecule has 1 aliphatic carbocycles. The Morgan fingerprint density at radius 1 is 0.500 bits per heavy atom. The van der Waals surface area contributed by atoms with Gasteiger partial charge in [-0.3, -0.25) is 9.59 Å². The molecule has 0 saturated heterocycles. The topological polar surface area (TPSA) is 105 Å². The van der Waals surface area contributed by atoms with Crippen molar-refractivity contribution in [2.75, 3.05) is 11.5 Å². The van der Waals surface area contributed by atoms with E-state index in [1.165, 1.54) is 24.3 Å². The van der Waals surface area contributed by atoms with Crippen LogP contribution in [0.5, 0.6) is 23.0 Å². The zero-order valence-electron chi connectivity index (χ0n) is 16.0. The van der Waals surface area contributed by atoms with Crippen LogP contribution in [0.4, 0.5) is 11.4 Å². The summed E-state index contributed by atoms with van der Waals surface area (Å²) in [5.74, 6) is 2.47. The Labute approximate surface area is 174 Å². The standard InChI is InChI=1S/C18H16N2O2.C6H4O2/c19-13-4-1-6-15(10-13)21-17-8-3-9-18(12-17)22-16-7-2-5-14(20)11-16;7-5-1-2-6(8)4-3-5/h1-12H,19-20H2;1-4H. The van der Waals surface area contributed by atoms with E-state index in [9.17, 15) is 9.59 Å². The second-order valence-corrected chi connectivity index (χ2v) is 6.30. The average Bonchev–Trinajstić information content (AvgIpc) is 2.71. The van der Waals surface area contributed by atoms with Gasteiger partial charge in [-0.2, -0.15) is 0 Å². The summed E-state index contributed by atoms with van der Waals surface area (Å²) in [6.45, 7) is 0. The van der Waals surface area contributed by atoms with Crippen LogP contribution in [0.25, 0.3) is 0 Å². The quantitative estimate of drug-likeness (QED) is 0.486. The van der Waals surface area contributed by atoms with E-state index in [-0.39, 0.29) is 11.6 Å². The van der Waals surface area contributed by atoms with Crippen molar-refractivity contribution in [1.29, 1.82) is 0 Å². The molecule has 0 saturated carbocycles. The first-order valence-corrected chi connectivity index (χ1v) is 9.09. The Bertz CT molecular complexity index is 1020. The lowest BCUT2D eigenvalue weighted by Crippen LogP contribution is -1.97. The predicted octanol–water partition coefficient (Wildman–Crippen LogP) is 4.69. The minimum absolute atomic E-state index is 0.121. The minimum Gasteiger partial charge on any atom is -0.457 e. The van der Waals surface area contributed by atoms with Crippen LogP contribution in [-0.2, 0) is 9.59 Å². The van der Waals surface area contributed by atoms with Crippen LogP contribution < -0.4 is 20.9 Å². The molecule has 0 radical (unpaired) electrons. The van der Waals surface area contributed by atoms with E-state index in [4.69, 9.17) is 20.9 Å². The zero-order valence-corrected chi connectivity index (χ0v) is 16.0. The maximum absolute atomic E-state index is 10.3. The number of ether oxygens (including phenoxy) is 2. The first kappa shape index (κ1) is 20.4. The highest BCUT2D eigenvalue weighted by Crippen LogP contribution is 2.29. The van der Waals surface area contributed by atoms with Crippen LogP contribution in [0.15, 0.2) is 97.1 Å². The second-order valence-electron chi connectivity index (χ2n) is 6.30. The molecule has 0 spiro atoms. The molecule has 4 N–H and O–H groups in total. The number of nitrogens with two attached hydrogens (primary N) is 2. The van der Waals surface area contributed by atoms with Gasteiger partial charge in [-0.15, -0.1) is 0 Å². The van der Waals surface area contributed by atoms with Crippen LogP contribution in [0, 0.1) is 0 Å². The summed E-state index contributed by atoms with van der Waals surface area (Å²) in [6.07, 6.45) is 5.01. The molecule has 0 atom stereocenters. The number of hydrogen-bond acceptors (Lipinski definition) is 6. The van der Waals surface area contributed by atoms with Gasteiger partial charge in [-0.25, -0.2) is 0 Å². The lowest BCUT2D eigenvalue weighted by molar-refractivity contribution is -0.113. The molecule has 6 nitrogen and oxygen atoms in total. The lowest BCUT2D eigenvalue weighted by Gasteiger charge is -2.09. The average molecular weight is 400 g/mol. The lowest BCUT2D eigenvalue weighted by atomic mass is 10.2. The van der Waals surface area contributed by atoms with Crippen molar-refractivity contribution in [1.82, 2.24) is 0 Å². The smallest absolute Gasteiger partial charge is 0.178 e. The number of rotatable bonds is 4. The third-order valence-electron chi connectivity index (χ3n) is 3.82. The number of carbonyl (C=O) groups excluding carboxylic acids is 2. The number of nitrogen functional groups attached to an aromatic ring is 2. The van der Waals surface area contributed by atoms with Crippen molar-refractivity contribution in [2.45, 2.75) is 0 Å². The molecule has 1 aliphatic rings. The van der Waals surface area contributed by atoms with Gasteiger partial charge in [0, 0.05) is 29.6 Å². The minimum atomic E-state index is -0.121. The summed E-state index contributed by atoms with van der Waals surface area (Å²) in [6, 6.07) is 21.9. The molecule has 6 heteroatoms. The molecule has 150 valence electrons. The molecule has 30 heavy (non-hydrogen) atoms. The first-order valence-electron chi connectivity index (χ1n) is 9.09. The molecule has 3 aromatic carbocycles. The molecule has 0 amide bonds. The molecular weight excluding hydrogens is 380 g/mol. The summed E-state index contributed by atoms with van der Waals surface area (Å²) < 4.78 is 11.6. The van der Waals surface area contributed by atoms with E-state index in [0.717, 1.165) is 0 Å². The van der Waals surface area contributed by atoms with Crippen molar-refractivity contribution < 1.29 is 19.1 Å². The molecule has 4 rings (SSSR count). The number of ketones is 2. The molecule has 0 unspecified atom stereocenters. The fourth-order valence-corrected chi connectivity index (χ4v) is 2.47. The first-order chi connectivity index (χ1) is 14.5. The van der Waals surface area contributed by atoms with E-state index >= 15 is 0 Å². The number of benzene rings is 3. The van der Waals surface area contributed by atoms with Gasteiger partial charge in [0.1, 0.15) is 23.0 Å². The number of allylic oxidation sites excluding steroid dienone is 4. The van der Waals surface area contributed by atoms with E-state index in [0.29, 0.717) is 34.4 Å². The van der Waals surface area contributed by atoms with Crippen molar-refractivity contribution in [3.8, 4) is 23.0 Å². The third kappa shape index (κ3) is 6.38. The summed E-state index contributed by atoms with van der Waals surface area (Å²) in [4.78, 5) is 20.6. The second kappa shape index (κ2) is 9.75. The van der Waals surface area contributed by atoms with E-state index < -0.39 is 0 Å². The number of hydrogen-bond donors (Lipinski definition) is 2. The Morgan fingerprint density at radius 3 is 1.20 bits per heavy atom. The van der Waals surface area contributed by atoms with E-state index in [2.05, 4.69) is 0 Å². The van der Waals surface area contributed by atoms with Crippen LogP contribution in [-0.4, -0.2) is 11.6 Å². The highest BCUT2D eigenvalue weighted by molar-refractivity contribution is 6.14. The summed E-state index contributed by atoms with van der Waals surface area (Å²) >= 11 is 0. The van der Waals surface area contributed by atoms with Gasteiger partial charge in [0.25, 0.3) is 0 Å². The monoisotopic (exact) mass is 400 g/mol. The molecule has 3 aromatic rings. The van der Waals surface area contributed by atoms with Gasteiger partial charge < -0.3 is 20.9 Å². The molecule has 0 aliphatic heterocycles. The van der Waals surface area contributed by atoms with Crippen molar-refractivity contribution >= 4 is 22.9 Å². The Kier molecular flexibility index (Phi) is 6.63. The largest absolute Gasteiger partial charge is 0.457 e. The van der Waals surface area contributed by atoms with Crippen molar-refractivity contribution in [3.63, 3.8) is 0 Å². The zero-order chi connectivity index (χ0) is 21.3. The van der Waals surface area contributed by atoms with Crippen LogP contribution in [0.1, 0.15) is 0 Å². The molecule has 0 bridgehead atoms. The summed E-state index contributed by atoms with van der Waals surface area (Å²) in [7, 11) is 0. The highest BCUT2D eigenvalue weighted by atomic mass is 16.5. The van der Waals surface area contributed by atoms with E-state index in [1.807, 2.05) is 60.7 Å². The van der Waals surface area contributed by atoms with Gasteiger partial charge in [-0.05, 0) is 60.7 Å². The van der Waals surface area contributed by atoms with Gasteiger partial charge >= 0.3 is 0 Å². The van der Waals surface area contributed by atoms with Crippen molar-refractivity contribution in [3.05, 3.63) is 97.1 Å². The maximum Gasteiger partial charge on any atom is 0.178 e. The molecular formula is C24H20N2O4. The molecule has 0 heterocycles. The summed E-state index contributed by atoms with van der Waals surface area (Å²) in [5, 5.41) is 0. The van der Waals surface area contributed by atoms with Gasteiger partial charge in [0.05, 0.1) is 0 Å². The number of carbonyl (C=O) groups is 2. The highest BCUT2D eigenvalue weighted by Gasteiger charge is 2.02. The maximum atomic E-state index is 10.3. The van der Waals surface area contributed by atoms with Crippen LogP contribution in [0.2, 0.25) is 0 Å². The van der Waals surface area contributed by atoms with Gasteiger partial charge in [0.15, 0.2) is 11.6 Å². The van der Waals surface area contributed by atoms with Crippen LogP contribution in [0.3, 0.4) is 0 Å². The van der Waals surface area contributed by atoms with Gasteiger partial charge in [-0.1, -0.05) is 18.2 Å². The Balaban J connectivity index is 0.000000269. The molecule has 0 aromatic heterocycles. The fraction of sp³-hybridized carbons (Fsp3) is 0. The van der Waals surface area contributed by atoms with Crippen molar-refractivity contribution in [2.24, 2.45) is 0 Å². The molecule has 0 fully saturated rings. The van der Waals surface area contributed by atoms with Gasteiger partial charge in [0.2, 0.25) is 0 Å². The predicted molar refractivity (Wildman–Crippen MR) is 117 cm³/mol. The van der Waals surface area contributed by atoms with E-state index in [1.54, 1.807) is 12.1 Å². The fourth-order valence-electron chi connectivity index (χ4n) is 2.47. The third-order valence-corrected chi connectivity index (χ3v) is 3.82.